The second kappa shape index (κ2) is 6.46. The van der Waals surface area contributed by atoms with E-state index >= 15 is 0 Å². The van der Waals surface area contributed by atoms with Crippen LogP contribution in [0.5, 0.6) is 0 Å². The minimum atomic E-state index is -0.221. The molecule has 15 heavy (non-hydrogen) atoms. The Morgan fingerprint density at radius 2 is 2.20 bits per heavy atom. The van der Waals surface area contributed by atoms with E-state index in [0.29, 0.717) is 12.0 Å². The smallest absolute Gasteiger partial charge is 0.0718 e. The van der Waals surface area contributed by atoms with Crippen LogP contribution in [0, 0.1) is 5.92 Å². The highest BCUT2D eigenvalue weighted by Gasteiger charge is 2.26. The van der Waals surface area contributed by atoms with Gasteiger partial charge in [0.15, 0.2) is 0 Å². The Balaban J connectivity index is 2.36. The van der Waals surface area contributed by atoms with Crippen molar-refractivity contribution in [2.24, 2.45) is 5.92 Å². The molecule has 1 fully saturated rings. The zero-order chi connectivity index (χ0) is 11.3. The first-order valence-corrected chi connectivity index (χ1v) is 6.18. The van der Waals surface area contributed by atoms with Crippen molar-refractivity contribution < 1.29 is 9.84 Å². The molecule has 3 heteroatoms. The van der Waals surface area contributed by atoms with Crippen LogP contribution in [0.3, 0.4) is 0 Å². The van der Waals surface area contributed by atoms with Gasteiger partial charge in [-0.1, -0.05) is 13.8 Å². The van der Waals surface area contributed by atoms with Crippen LogP contribution in [-0.4, -0.2) is 48.5 Å². The van der Waals surface area contributed by atoms with Gasteiger partial charge >= 0.3 is 0 Å². The molecule has 3 atom stereocenters. The number of likely N-dealkylation sites (N-methyl/N-ethyl adjacent to an activating group) is 1. The fourth-order valence-electron chi connectivity index (χ4n) is 2.12. The van der Waals surface area contributed by atoms with Crippen molar-refractivity contribution in [3.05, 3.63) is 0 Å². The number of aliphatic hydroxyl groups is 1. The molecule has 3 unspecified atom stereocenters. The molecule has 0 aromatic rings. The lowest BCUT2D eigenvalue weighted by Crippen LogP contribution is -2.41. The highest BCUT2D eigenvalue weighted by molar-refractivity contribution is 4.77. The zero-order valence-corrected chi connectivity index (χ0v) is 10.3. The minimum absolute atomic E-state index is 0.221. The van der Waals surface area contributed by atoms with Gasteiger partial charge in [-0.3, -0.25) is 4.90 Å². The summed E-state index contributed by atoms with van der Waals surface area (Å²) in [5, 5.41) is 10.1. The van der Waals surface area contributed by atoms with Crippen LogP contribution in [-0.2, 0) is 4.74 Å². The van der Waals surface area contributed by atoms with Crippen molar-refractivity contribution in [2.45, 2.75) is 45.8 Å². The van der Waals surface area contributed by atoms with Crippen LogP contribution in [0.2, 0.25) is 0 Å². The third-order valence-corrected chi connectivity index (χ3v) is 3.55. The SMILES string of the molecule is CCC(C)N(CC)CC(O)C1CCOC1. The number of nitrogens with zero attached hydrogens (tertiary/aromatic N) is 1. The predicted octanol–water partition coefficient (Wildman–Crippen LogP) is 1.50. The normalized spacial score (nSPS) is 25.8. The maximum absolute atomic E-state index is 10.1. The van der Waals surface area contributed by atoms with Crippen LogP contribution in [0.4, 0.5) is 0 Å². The van der Waals surface area contributed by atoms with Gasteiger partial charge < -0.3 is 9.84 Å². The van der Waals surface area contributed by atoms with Crippen molar-refractivity contribution in [1.82, 2.24) is 4.90 Å². The van der Waals surface area contributed by atoms with Gasteiger partial charge in [-0.2, -0.15) is 0 Å². The van der Waals surface area contributed by atoms with Gasteiger partial charge in [0.1, 0.15) is 0 Å². The number of hydrogen-bond donors (Lipinski definition) is 1. The molecule has 0 aromatic carbocycles. The van der Waals surface area contributed by atoms with Crippen molar-refractivity contribution in [3.8, 4) is 0 Å². The molecule has 1 saturated heterocycles. The van der Waals surface area contributed by atoms with Crippen LogP contribution >= 0.6 is 0 Å². The minimum Gasteiger partial charge on any atom is -0.391 e. The van der Waals surface area contributed by atoms with Crippen LogP contribution < -0.4 is 0 Å². The van der Waals surface area contributed by atoms with E-state index in [0.717, 1.165) is 39.1 Å². The number of rotatable bonds is 6. The van der Waals surface area contributed by atoms with Crippen molar-refractivity contribution in [2.75, 3.05) is 26.3 Å². The molecular weight excluding hydrogens is 190 g/mol. The van der Waals surface area contributed by atoms with E-state index in [-0.39, 0.29) is 6.10 Å². The quantitative estimate of drug-likeness (QED) is 0.729. The van der Waals surface area contributed by atoms with Crippen molar-refractivity contribution in [1.29, 1.82) is 0 Å². The Morgan fingerprint density at radius 1 is 1.47 bits per heavy atom. The first-order valence-electron chi connectivity index (χ1n) is 6.18. The van der Waals surface area contributed by atoms with E-state index in [2.05, 4.69) is 25.7 Å². The van der Waals surface area contributed by atoms with Crippen molar-refractivity contribution in [3.63, 3.8) is 0 Å². The van der Waals surface area contributed by atoms with E-state index in [1.165, 1.54) is 0 Å². The molecule has 0 radical (unpaired) electrons. The molecule has 1 aliphatic heterocycles. The Morgan fingerprint density at radius 3 is 2.67 bits per heavy atom. The lowest BCUT2D eigenvalue weighted by Gasteiger charge is -2.30. The van der Waals surface area contributed by atoms with Crippen LogP contribution in [0.1, 0.15) is 33.6 Å². The van der Waals surface area contributed by atoms with Gasteiger partial charge in [0.05, 0.1) is 12.7 Å². The average molecular weight is 215 g/mol. The molecule has 1 aliphatic rings. The van der Waals surface area contributed by atoms with Gasteiger partial charge in [0.2, 0.25) is 0 Å². The summed E-state index contributed by atoms with van der Waals surface area (Å²) in [6.45, 7) is 9.93. The summed E-state index contributed by atoms with van der Waals surface area (Å²) in [6, 6.07) is 0.562. The highest BCUT2D eigenvalue weighted by Crippen LogP contribution is 2.18. The molecule has 3 nitrogen and oxygen atoms in total. The standard InChI is InChI=1S/C12H25NO2/c1-4-10(3)13(5-2)8-12(14)11-6-7-15-9-11/h10-12,14H,4-9H2,1-3H3. The summed E-state index contributed by atoms with van der Waals surface area (Å²) in [4.78, 5) is 2.35. The van der Waals surface area contributed by atoms with Gasteiger partial charge in [-0.25, -0.2) is 0 Å². The number of ether oxygens (including phenoxy) is 1. The lowest BCUT2D eigenvalue weighted by atomic mass is 10.0. The molecule has 0 aromatic heterocycles. The molecule has 90 valence electrons. The molecule has 0 saturated carbocycles. The topological polar surface area (TPSA) is 32.7 Å². The number of aliphatic hydroxyl groups excluding tert-OH is 1. The summed E-state index contributed by atoms with van der Waals surface area (Å²) in [5.41, 5.74) is 0. The third kappa shape index (κ3) is 3.74. The monoisotopic (exact) mass is 215 g/mol. The van der Waals surface area contributed by atoms with E-state index in [1.54, 1.807) is 0 Å². The average Bonchev–Trinajstić information content (AvgIpc) is 2.77. The van der Waals surface area contributed by atoms with Gasteiger partial charge in [-0.05, 0) is 26.3 Å². The van der Waals surface area contributed by atoms with Gasteiger partial charge in [0.25, 0.3) is 0 Å². The van der Waals surface area contributed by atoms with Gasteiger partial charge in [0, 0.05) is 25.1 Å². The molecule has 0 spiro atoms. The van der Waals surface area contributed by atoms with Gasteiger partial charge in [-0.15, -0.1) is 0 Å². The summed E-state index contributed by atoms with van der Waals surface area (Å²) in [5.74, 6) is 0.350. The molecule has 0 amide bonds. The van der Waals surface area contributed by atoms with E-state index in [1.807, 2.05) is 0 Å². The second-order valence-corrected chi connectivity index (χ2v) is 4.54. The summed E-state index contributed by atoms with van der Waals surface area (Å²) in [6.07, 6.45) is 1.93. The second-order valence-electron chi connectivity index (χ2n) is 4.54. The van der Waals surface area contributed by atoms with Crippen molar-refractivity contribution >= 4 is 0 Å². The summed E-state index contributed by atoms with van der Waals surface area (Å²) < 4.78 is 5.30. The number of hydrogen-bond acceptors (Lipinski definition) is 3. The third-order valence-electron chi connectivity index (χ3n) is 3.55. The molecular formula is C12H25NO2. The fraction of sp³-hybridized carbons (Fsp3) is 1.00. The lowest BCUT2D eigenvalue weighted by molar-refractivity contribution is 0.0449. The molecule has 1 heterocycles. The maximum Gasteiger partial charge on any atom is 0.0718 e. The molecule has 1 N–H and O–H groups in total. The highest BCUT2D eigenvalue weighted by atomic mass is 16.5. The van der Waals surface area contributed by atoms with Crippen LogP contribution in [0.25, 0.3) is 0 Å². The summed E-state index contributed by atoms with van der Waals surface area (Å²) in [7, 11) is 0. The summed E-state index contributed by atoms with van der Waals surface area (Å²) >= 11 is 0. The molecule has 0 bridgehead atoms. The Labute approximate surface area is 93.4 Å². The largest absolute Gasteiger partial charge is 0.391 e. The van der Waals surface area contributed by atoms with E-state index in [9.17, 15) is 5.11 Å². The molecule has 0 aliphatic carbocycles. The predicted molar refractivity (Wildman–Crippen MR) is 61.9 cm³/mol. The first kappa shape index (κ1) is 12.9. The Kier molecular flexibility index (Phi) is 5.58. The van der Waals surface area contributed by atoms with E-state index in [4.69, 9.17) is 4.74 Å². The fourth-order valence-corrected chi connectivity index (χ4v) is 2.12. The zero-order valence-electron chi connectivity index (χ0n) is 10.3. The molecule has 1 rings (SSSR count). The van der Waals surface area contributed by atoms with Crippen LogP contribution in [0.15, 0.2) is 0 Å². The first-order chi connectivity index (χ1) is 7.19. The van der Waals surface area contributed by atoms with E-state index < -0.39 is 0 Å². The Hall–Kier alpha value is -0.120. The Bertz CT molecular complexity index is 169. The maximum atomic E-state index is 10.1.